The molecule has 1 unspecified atom stereocenters. The molecule has 1 aliphatic rings. The van der Waals surface area contributed by atoms with E-state index in [4.69, 9.17) is 0 Å². The molecule has 0 aliphatic carbocycles. The summed E-state index contributed by atoms with van der Waals surface area (Å²) in [5.41, 5.74) is 2.53. The van der Waals surface area contributed by atoms with Crippen molar-refractivity contribution in [3.8, 4) is 0 Å². The topological polar surface area (TPSA) is 12.0 Å². The first-order valence-corrected chi connectivity index (χ1v) is 5.30. The van der Waals surface area contributed by atoms with Crippen LogP contribution in [0, 0.1) is 0 Å². The minimum absolute atomic E-state index is 0.388. The van der Waals surface area contributed by atoms with Crippen molar-refractivity contribution < 1.29 is 0 Å². The van der Waals surface area contributed by atoms with Gasteiger partial charge in [-0.25, -0.2) is 0 Å². The number of benzene rings is 1. The zero-order valence-electron chi connectivity index (χ0n) is 6.55. The van der Waals surface area contributed by atoms with E-state index >= 15 is 0 Å². The normalized spacial score (nSPS) is 21.3. The van der Waals surface area contributed by atoms with Crippen molar-refractivity contribution in [3.63, 3.8) is 0 Å². The van der Waals surface area contributed by atoms with E-state index in [1.165, 1.54) is 11.3 Å². The lowest BCUT2D eigenvalue weighted by Crippen LogP contribution is -2.13. The Morgan fingerprint density at radius 3 is 3.17 bits per heavy atom. The average molecular weight is 244 g/mol. The van der Waals surface area contributed by atoms with Gasteiger partial charge in [0.05, 0.1) is 0 Å². The number of hydrogen-bond acceptors (Lipinski definition) is 2. The van der Waals surface area contributed by atoms with Crippen LogP contribution >= 0.6 is 28.6 Å². The van der Waals surface area contributed by atoms with Crippen LogP contribution in [0.3, 0.4) is 0 Å². The molecule has 1 heterocycles. The Kier molecular flexibility index (Phi) is 2.33. The highest BCUT2D eigenvalue weighted by Crippen LogP contribution is 2.35. The van der Waals surface area contributed by atoms with E-state index in [1.54, 1.807) is 0 Å². The van der Waals surface area contributed by atoms with Crippen LogP contribution in [0.2, 0.25) is 0 Å². The smallest absolute Gasteiger partial charge is 0.0384 e. The van der Waals surface area contributed by atoms with Gasteiger partial charge in [-0.1, -0.05) is 15.9 Å². The predicted molar refractivity (Wildman–Crippen MR) is 59.0 cm³/mol. The third-order valence-electron chi connectivity index (χ3n) is 2.11. The van der Waals surface area contributed by atoms with Gasteiger partial charge in [0.2, 0.25) is 0 Å². The molecule has 1 atom stereocenters. The van der Waals surface area contributed by atoms with E-state index in [0.29, 0.717) is 5.25 Å². The van der Waals surface area contributed by atoms with Crippen LogP contribution in [0.4, 0.5) is 5.69 Å². The van der Waals surface area contributed by atoms with Crippen LogP contribution in [-0.4, -0.2) is 6.54 Å². The van der Waals surface area contributed by atoms with Crippen LogP contribution in [0.1, 0.15) is 17.2 Å². The minimum atomic E-state index is 0.388. The summed E-state index contributed by atoms with van der Waals surface area (Å²) in [6.07, 6.45) is 1.10. The number of fused-ring (bicyclic) bond motifs is 1. The van der Waals surface area contributed by atoms with Crippen molar-refractivity contribution in [2.45, 2.75) is 11.7 Å². The van der Waals surface area contributed by atoms with Crippen molar-refractivity contribution in [3.05, 3.63) is 28.2 Å². The number of hydrogen-bond donors (Lipinski definition) is 2. The van der Waals surface area contributed by atoms with Crippen molar-refractivity contribution in [1.82, 2.24) is 0 Å². The van der Waals surface area contributed by atoms with E-state index in [-0.39, 0.29) is 0 Å². The van der Waals surface area contributed by atoms with Crippen molar-refractivity contribution in [1.29, 1.82) is 0 Å². The minimum Gasteiger partial charge on any atom is -0.385 e. The Morgan fingerprint density at radius 1 is 1.50 bits per heavy atom. The second kappa shape index (κ2) is 3.30. The van der Waals surface area contributed by atoms with Crippen LogP contribution < -0.4 is 5.32 Å². The summed E-state index contributed by atoms with van der Waals surface area (Å²) in [4.78, 5) is 0. The number of anilines is 1. The van der Waals surface area contributed by atoms with Gasteiger partial charge in [0, 0.05) is 22.0 Å². The molecule has 0 saturated carbocycles. The summed E-state index contributed by atoms with van der Waals surface area (Å²) in [6, 6.07) is 6.29. The fraction of sp³-hybridized carbons (Fsp3) is 0.333. The quantitative estimate of drug-likeness (QED) is 0.667. The van der Waals surface area contributed by atoms with E-state index in [0.717, 1.165) is 17.4 Å². The van der Waals surface area contributed by atoms with Gasteiger partial charge in [0.1, 0.15) is 0 Å². The van der Waals surface area contributed by atoms with E-state index in [9.17, 15) is 0 Å². The van der Waals surface area contributed by atoms with Gasteiger partial charge in [-0.3, -0.25) is 0 Å². The van der Waals surface area contributed by atoms with Crippen LogP contribution in [0.25, 0.3) is 0 Å². The number of halogens is 1. The molecule has 0 aromatic heterocycles. The lowest BCUT2D eigenvalue weighted by Gasteiger charge is -2.23. The monoisotopic (exact) mass is 243 g/mol. The fourth-order valence-electron chi connectivity index (χ4n) is 1.47. The first kappa shape index (κ1) is 8.45. The number of nitrogens with one attached hydrogen (secondary N) is 1. The maximum Gasteiger partial charge on any atom is 0.0384 e. The van der Waals surface area contributed by atoms with Gasteiger partial charge in [-0.2, -0.15) is 12.6 Å². The summed E-state index contributed by atoms with van der Waals surface area (Å²) >= 11 is 7.98. The Balaban J connectivity index is 2.47. The molecule has 0 fully saturated rings. The standard InChI is InChI=1S/C9H10BrNS/c10-6-1-2-8-7(5-6)9(12)3-4-11-8/h1-2,5,9,11-12H,3-4H2. The molecular formula is C9H10BrNS. The number of rotatable bonds is 0. The predicted octanol–water partition coefficient (Wildman–Crippen LogP) is 3.24. The van der Waals surface area contributed by atoms with E-state index < -0.39 is 0 Å². The Hall–Kier alpha value is -0.150. The van der Waals surface area contributed by atoms with E-state index in [2.05, 4.69) is 52.1 Å². The first-order valence-electron chi connectivity index (χ1n) is 3.99. The third-order valence-corrected chi connectivity index (χ3v) is 3.14. The molecule has 1 N–H and O–H groups in total. The van der Waals surface area contributed by atoms with Crippen molar-refractivity contribution in [2.24, 2.45) is 0 Å². The summed E-state index contributed by atoms with van der Waals surface area (Å²) in [6.45, 7) is 1.03. The highest BCUT2D eigenvalue weighted by molar-refractivity contribution is 9.10. The zero-order chi connectivity index (χ0) is 8.55. The molecule has 0 radical (unpaired) electrons. The summed E-state index contributed by atoms with van der Waals surface area (Å²) < 4.78 is 1.13. The zero-order valence-corrected chi connectivity index (χ0v) is 9.03. The molecule has 1 aliphatic heterocycles. The molecule has 1 aromatic rings. The Labute approximate surface area is 86.1 Å². The Morgan fingerprint density at radius 2 is 2.33 bits per heavy atom. The maximum absolute atomic E-state index is 4.53. The Bertz CT molecular complexity index is 301. The lowest BCUT2D eigenvalue weighted by molar-refractivity contribution is 0.815. The molecule has 1 aromatic carbocycles. The van der Waals surface area contributed by atoms with Crippen molar-refractivity contribution in [2.75, 3.05) is 11.9 Å². The van der Waals surface area contributed by atoms with Gasteiger partial charge in [-0.05, 0) is 30.2 Å². The largest absolute Gasteiger partial charge is 0.385 e. The average Bonchev–Trinajstić information content (AvgIpc) is 2.07. The third kappa shape index (κ3) is 1.48. The van der Waals surface area contributed by atoms with E-state index in [1.807, 2.05) is 0 Å². The number of thiol groups is 1. The molecule has 0 spiro atoms. The summed E-state index contributed by atoms with van der Waals surface area (Å²) in [5.74, 6) is 0. The summed E-state index contributed by atoms with van der Waals surface area (Å²) in [7, 11) is 0. The second-order valence-corrected chi connectivity index (χ2v) is 4.50. The second-order valence-electron chi connectivity index (χ2n) is 2.96. The summed E-state index contributed by atoms with van der Waals surface area (Å²) in [5, 5.41) is 3.74. The SMILES string of the molecule is SC1CCNc2ccc(Br)cc21. The molecular weight excluding hydrogens is 234 g/mol. The van der Waals surface area contributed by atoms with Crippen LogP contribution in [0.15, 0.2) is 22.7 Å². The maximum atomic E-state index is 4.53. The molecule has 0 saturated heterocycles. The van der Waals surface area contributed by atoms with Crippen molar-refractivity contribution >= 4 is 34.2 Å². The van der Waals surface area contributed by atoms with Gasteiger partial charge < -0.3 is 5.32 Å². The molecule has 0 amide bonds. The highest BCUT2D eigenvalue weighted by atomic mass is 79.9. The van der Waals surface area contributed by atoms with Gasteiger partial charge in [-0.15, -0.1) is 0 Å². The van der Waals surface area contributed by atoms with Gasteiger partial charge >= 0.3 is 0 Å². The first-order chi connectivity index (χ1) is 5.77. The van der Waals surface area contributed by atoms with Crippen LogP contribution in [0.5, 0.6) is 0 Å². The molecule has 2 rings (SSSR count). The highest BCUT2D eigenvalue weighted by Gasteiger charge is 2.15. The van der Waals surface area contributed by atoms with Gasteiger partial charge in [0.25, 0.3) is 0 Å². The fourth-order valence-corrected chi connectivity index (χ4v) is 2.19. The molecule has 12 heavy (non-hydrogen) atoms. The molecule has 1 nitrogen and oxygen atoms in total. The van der Waals surface area contributed by atoms with Crippen LogP contribution in [-0.2, 0) is 0 Å². The molecule has 0 bridgehead atoms. The van der Waals surface area contributed by atoms with Gasteiger partial charge in [0.15, 0.2) is 0 Å². The molecule has 3 heteroatoms. The molecule has 64 valence electrons. The lowest BCUT2D eigenvalue weighted by atomic mass is 10.0.